The minimum atomic E-state index is -5.76. The fourth-order valence-electron chi connectivity index (χ4n) is 4.89. The summed E-state index contributed by atoms with van der Waals surface area (Å²) in [5.74, 6) is -0.425. The molecule has 0 amide bonds. The highest BCUT2D eigenvalue weighted by atomic mass is 32.2. The van der Waals surface area contributed by atoms with Crippen molar-refractivity contribution < 1.29 is 25.8 Å². The molecule has 0 saturated heterocycles. The molecule has 0 bridgehead atoms. The van der Waals surface area contributed by atoms with Crippen LogP contribution in [0.25, 0.3) is 58.9 Å². The number of benzene rings is 4. The molecule has 0 aliphatic rings. The van der Waals surface area contributed by atoms with Gasteiger partial charge in [0.05, 0.1) is 21.4 Å². The van der Waals surface area contributed by atoms with Gasteiger partial charge >= 0.3 is 15.6 Å². The molecule has 4 aromatic carbocycles. The Balaban J connectivity index is 1.52. The van der Waals surface area contributed by atoms with E-state index in [-0.39, 0.29) is 0 Å². The quantitative estimate of drug-likeness (QED) is 0.166. The molecule has 0 fully saturated rings. The van der Waals surface area contributed by atoms with Crippen molar-refractivity contribution in [3.05, 3.63) is 91.0 Å². The molecule has 0 aliphatic heterocycles. The Hall–Kier alpha value is -4.15. The van der Waals surface area contributed by atoms with Crippen LogP contribution in [0.2, 0.25) is 0 Å². The summed E-state index contributed by atoms with van der Waals surface area (Å²) in [7, 11) is -5.76. The number of imidazole rings is 1. The lowest BCUT2D eigenvalue weighted by Gasteiger charge is -2.11. The number of pyridine rings is 1. The number of alkyl halides is 3. The zero-order valence-corrected chi connectivity index (χ0v) is 20.9. The van der Waals surface area contributed by atoms with Crippen molar-refractivity contribution in [1.29, 1.82) is 0 Å². The summed E-state index contributed by atoms with van der Waals surface area (Å²) in [6.45, 7) is 0. The molecule has 7 rings (SSSR count). The molecule has 7 aromatic rings. The monoisotopic (exact) mass is 548 g/mol. The number of aromatic nitrogens is 2. The Kier molecular flexibility index (Phi) is 4.80. The lowest BCUT2D eigenvalue weighted by atomic mass is 10.0. The van der Waals surface area contributed by atoms with Gasteiger partial charge in [0, 0.05) is 15.5 Å². The Bertz CT molecular complexity index is 2160. The molecule has 0 aliphatic carbocycles. The molecule has 0 spiro atoms. The van der Waals surface area contributed by atoms with Crippen molar-refractivity contribution in [2.45, 2.75) is 5.51 Å². The first-order valence-electron chi connectivity index (χ1n) is 11.5. The third-order valence-corrected chi connectivity index (χ3v) is 8.69. The largest absolute Gasteiger partial charge is 0.534 e. The fourth-order valence-corrected chi connectivity index (χ4v) is 6.52. The van der Waals surface area contributed by atoms with Gasteiger partial charge in [-0.1, -0.05) is 42.5 Å². The van der Waals surface area contributed by atoms with Crippen molar-refractivity contribution in [3.8, 4) is 17.0 Å². The highest BCUT2D eigenvalue weighted by Crippen LogP contribution is 2.43. The molecule has 0 N–H and O–H groups in total. The topological polar surface area (TPSA) is 60.7 Å². The van der Waals surface area contributed by atoms with E-state index in [1.165, 1.54) is 12.1 Å². The van der Waals surface area contributed by atoms with E-state index in [0.717, 1.165) is 53.3 Å². The second-order valence-corrected chi connectivity index (χ2v) is 11.4. The van der Waals surface area contributed by atoms with Crippen LogP contribution in [0.1, 0.15) is 0 Å². The van der Waals surface area contributed by atoms with Gasteiger partial charge in [-0.3, -0.25) is 4.40 Å². The highest BCUT2D eigenvalue weighted by Gasteiger charge is 2.48. The summed E-state index contributed by atoms with van der Waals surface area (Å²) in [6.07, 6.45) is 0. The molecule has 3 aromatic heterocycles. The molecule has 0 unspecified atom stereocenters. The average Bonchev–Trinajstić information content (AvgIpc) is 3.47. The molecule has 3 heterocycles. The molecule has 0 radical (unpaired) electrons. The zero-order valence-electron chi connectivity index (χ0n) is 19.2. The first kappa shape index (κ1) is 23.0. The van der Waals surface area contributed by atoms with Crippen molar-refractivity contribution in [2.75, 3.05) is 0 Å². The van der Waals surface area contributed by atoms with Crippen LogP contribution in [0, 0.1) is 0 Å². The van der Waals surface area contributed by atoms with Gasteiger partial charge in [-0.15, -0.1) is 11.3 Å². The van der Waals surface area contributed by atoms with E-state index in [9.17, 15) is 21.6 Å². The van der Waals surface area contributed by atoms with E-state index in [1.54, 1.807) is 23.5 Å². The summed E-state index contributed by atoms with van der Waals surface area (Å²) in [5, 5.41) is 4.35. The van der Waals surface area contributed by atoms with Crippen LogP contribution in [-0.4, -0.2) is 23.3 Å². The number of fused-ring (bicyclic) bond motifs is 9. The van der Waals surface area contributed by atoms with Crippen LogP contribution >= 0.6 is 11.3 Å². The van der Waals surface area contributed by atoms with Crippen molar-refractivity contribution in [2.24, 2.45) is 0 Å². The predicted octanol–water partition coefficient (Wildman–Crippen LogP) is 7.90. The van der Waals surface area contributed by atoms with Gasteiger partial charge in [0.1, 0.15) is 5.75 Å². The Morgan fingerprint density at radius 1 is 0.842 bits per heavy atom. The van der Waals surface area contributed by atoms with E-state index in [0.29, 0.717) is 5.56 Å². The molecule has 10 heteroatoms. The summed E-state index contributed by atoms with van der Waals surface area (Å²) < 4.78 is 69.7. The number of hydrogen-bond donors (Lipinski definition) is 0. The first-order chi connectivity index (χ1) is 18.2. The molecule has 0 saturated carbocycles. The Morgan fingerprint density at radius 3 is 2.37 bits per heavy atom. The normalized spacial score (nSPS) is 12.8. The van der Waals surface area contributed by atoms with Gasteiger partial charge in [-0.2, -0.15) is 21.6 Å². The van der Waals surface area contributed by atoms with Crippen LogP contribution in [0.3, 0.4) is 0 Å². The SMILES string of the molecule is O=S(=O)(Oc1ccc(-c2cc3c(sc4ccc5ccccc5c43)c3nc4ccccc4n23)cc1)C(F)(F)F. The number of rotatable bonds is 3. The van der Waals surface area contributed by atoms with E-state index in [4.69, 9.17) is 4.98 Å². The van der Waals surface area contributed by atoms with E-state index < -0.39 is 21.4 Å². The highest BCUT2D eigenvalue weighted by molar-refractivity contribution is 7.88. The first-order valence-corrected chi connectivity index (χ1v) is 13.7. The average molecular weight is 549 g/mol. The second-order valence-electron chi connectivity index (χ2n) is 8.80. The van der Waals surface area contributed by atoms with Gasteiger partial charge in [0.25, 0.3) is 0 Å². The smallest absolute Gasteiger partial charge is 0.376 e. The number of para-hydroxylation sites is 2. The van der Waals surface area contributed by atoms with Gasteiger partial charge in [0.2, 0.25) is 0 Å². The predicted molar refractivity (Wildman–Crippen MR) is 144 cm³/mol. The third-order valence-electron chi connectivity index (χ3n) is 6.54. The zero-order chi connectivity index (χ0) is 26.2. The standard InChI is InChI=1S/C28H15F3N2O3S2/c29-28(30,31)38(34,35)36-18-12-9-17(10-13-18)23-15-20-25-19-6-2-1-5-16(19)11-14-24(25)37-26(20)27-32-21-7-3-4-8-22(21)33(23)27/h1-15H. The lowest BCUT2D eigenvalue weighted by molar-refractivity contribution is -0.0500. The molecular weight excluding hydrogens is 533 g/mol. The third kappa shape index (κ3) is 3.37. The fraction of sp³-hybridized carbons (Fsp3) is 0.0357. The number of halogens is 3. The molecule has 5 nitrogen and oxygen atoms in total. The number of hydrogen-bond acceptors (Lipinski definition) is 5. The van der Waals surface area contributed by atoms with Crippen molar-refractivity contribution >= 4 is 69.1 Å². The summed E-state index contributed by atoms with van der Waals surface area (Å²) in [5.41, 5.74) is -1.64. The van der Waals surface area contributed by atoms with Crippen molar-refractivity contribution in [3.63, 3.8) is 0 Å². The van der Waals surface area contributed by atoms with Gasteiger partial charge in [-0.05, 0) is 64.9 Å². The van der Waals surface area contributed by atoms with E-state index in [1.807, 2.05) is 40.8 Å². The molecule has 38 heavy (non-hydrogen) atoms. The number of thiophene rings is 1. The molecule has 0 atom stereocenters. The Labute approximate surface area is 217 Å². The van der Waals surface area contributed by atoms with Crippen LogP contribution in [0.5, 0.6) is 5.75 Å². The molecular formula is C28H15F3N2O3S2. The molecule has 188 valence electrons. The minimum Gasteiger partial charge on any atom is -0.376 e. The summed E-state index contributed by atoms with van der Waals surface area (Å²) in [4.78, 5) is 4.94. The summed E-state index contributed by atoms with van der Waals surface area (Å²) in [6, 6.07) is 27.7. The van der Waals surface area contributed by atoms with Crippen LogP contribution < -0.4 is 4.18 Å². The maximum atomic E-state index is 12.8. The van der Waals surface area contributed by atoms with Crippen LogP contribution in [-0.2, 0) is 10.1 Å². The van der Waals surface area contributed by atoms with Gasteiger partial charge in [-0.25, -0.2) is 4.98 Å². The van der Waals surface area contributed by atoms with Gasteiger partial charge < -0.3 is 4.18 Å². The summed E-state index contributed by atoms with van der Waals surface area (Å²) >= 11 is 1.66. The number of nitrogens with zero attached hydrogens (tertiary/aromatic N) is 2. The van der Waals surface area contributed by atoms with E-state index >= 15 is 0 Å². The van der Waals surface area contributed by atoms with Crippen LogP contribution in [0.15, 0.2) is 91.0 Å². The van der Waals surface area contributed by atoms with Gasteiger partial charge in [0.15, 0.2) is 5.65 Å². The van der Waals surface area contributed by atoms with Crippen molar-refractivity contribution in [1.82, 2.24) is 9.38 Å². The second kappa shape index (κ2) is 7.92. The van der Waals surface area contributed by atoms with Crippen LogP contribution in [0.4, 0.5) is 13.2 Å². The maximum Gasteiger partial charge on any atom is 0.534 e. The lowest BCUT2D eigenvalue weighted by Crippen LogP contribution is -2.28. The Morgan fingerprint density at radius 2 is 1.58 bits per heavy atom. The minimum absolute atomic E-state index is 0.425. The van der Waals surface area contributed by atoms with E-state index in [2.05, 4.69) is 34.5 Å². The maximum absolute atomic E-state index is 12.8.